The van der Waals surface area contributed by atoms with Gasteiger partial charge in [0.1, 0.15) is 5.75 Å². The molecule has 1 nitrogen and oxygen atoms in total. The Kier molecular flexibility index (Phi) is 3.56. The minimum Gasteiger partial charge on any atom is -0.493 e. The topological polar surface area (TPSA) is 9.23 Å². The van der Waals surface area contributed by atoms with Gasteiger partial charge in [0.15, 0.2) is 0 Å². The van der Waals surface area contributed by atoms with Crippen molar-refractivity contribution in [3.8, 4) is 5.75 Å². The van der Waals surface area contributed by atoms with Crippen LogP contribution in [0.2, 0.25) is 0 Å². The lowest BCUT2D eigenvalue weighted by Gasteiger charge is -2.10. The molecular formula is C12H16O. The average Bonchev–Trinajstić information content (AvgIpc) is 2.10. The largest absolute Gasteiger partial charge is 0.493 e. The maximum Gasteiger partial charge on any atom is 0.125 e. The molecule has 0 spiro atoms. The molecule has 0 bridgehead atoms. The van der Waals surface area contributed by atoms with E-state index >= 15 is 0 Å². The highest BCUT2D eigenvalue weighted by atomic mass is 16.5. The lowest BCUT2D eigenvalue weighted by molar-refractivity contribution is 0.320. The van der Waals surface area contributed by atoms with Crippen LogP contribution in [0, 0.1) is 13.8 Å². The number of rotatable bonds is 4. The van der Waals surface area contributed by atoms with E-state index in [9.17, 15) is 0 Å². The maximum atomic E-state index is 5.64. The molecule has 1 aromatic rings. The van der Waals surface area contributed by atoms with Crippen LogP contribution in [0.4, 0.5) is 0 Å². The van der Waals surface area contributed by atoms with Crippen LogP contribution in [0.25, 0.3) is 0 Å². The maximum absolute atomic E-state index is 5.64. The van der Waals surface area contributed by atoms with Crippen LogP contribution in [0.3, 0.4) is 0 Å². The number of hydrogen-bond donors (Lipinski definition) is 0. The van der Waals surface area contributed by atoms with Gasteiger partial charge in [0.2, 0.25) is 0 Å². The second-order valence-corrected chi connectivity index (χ2v) is 3.15. The predicted molar refractivity (Wildman–Crippen MR) is 56.2 cm³/mol. The van der Waals surface area contributed by atoms with E-state index in [-0.39, 0.29) is 0 Å². The molecule has 0 radical (unpaired) electrons. The van der Waals surface area contributed by atoms with Crippen LogP contribution in [-0.4, -0.2) is 6.61 Å². The summed E-state index contributed by atoms with van der Waals surface area (Å²) in [5.41, 5.74) is 2.40. The van der Waals surface area contributed by atoms with Crippen molar-refractivity contribution in [3.05, 3.63) is 42.0 Å². The van der Waals surface area contributed by atoms with Gasteiger partial charge in [-0.2, -0.15) is 0 Å². The molecule has 0 saturated carbocycles. The summed E-state index contributed by atoms with van der Waals surface area (Å²) in [7, 11) is 0. The van der Waals surface area contributed by atoms with E-state index in [4.69, 9.17) is 4.74 Å². The Bertz CT molecular complexity index is 269. The summed E-state index contributed by atoms with van der Waals surface area (Å²) in [6.07, 6.45) is 2.77. The lowest BCUT2D eigenvalue weighted by atomic mass is 10.1. The summed E-state index contributed by atoms with van der Waals surface area (Å²) in [6, 6.07) is 6.18. The molecule has 1 heteroatoms. The highest BCUT2D eigenvalue weighted by molar-refractivity contribution is 5.39. The minimum absolute atomic E-state index is 0.717. The van der Waals surface area contributed by atoms with E-state index in [1.165, 1.54) is 11.1 Å². The summed E-state index contributed by atoms with van der Waals surface area (Å²) >= 11 is 0. The van der Waals surface area contributed by atoms with Gasteiger partial charge in [0, 0.05) is 0 Å². The van der Waals surface area contributed by atoms with Gasteiger partial charge in [-0.25, -0.2) is 0 Å². The number of ether oxygens (including phenoxy) is 1. The van der Waals surface area contributed by atoms with E-state index in [1.807, 2.05) is 12.1 Å². The summed E-state index contributed by atoms with van der Waals surface area (Å²) in [5, 5.41) is 0. The van der Waals surface area contributed by atoms with Crippen LogP contribution in [-0.2, 0) is 0 Å². The average molecular weight is 176 g/mol. The van der Waals surface area contributed by atoms with Crippen molar-refractivity contribution in [2.24, 2.45) is 0 Å². The second kappa shape index (κ2) is 4.70. The highest BCUT2D eigenvalue weighted by Gasteiger charge is 2.01. The van der Waals surface area contributed by atoms with Gasteiger partial charge in [0.05, 0.1) is 6.61 Å². The zero-order chi connectivity index (χ0) is 9.68. The summed E-state index contributed by atoms with van der Waals surface area (Å²) in [6.45, 7) is 8.51. The molecule has 0 saturated heterocycles. The SMILES string of the molecule is C=CCCOc1c(C)cccc1C. The second-order valence-electron chi connectivity index (χ2n) is 3.15. The van der Waals surface area contributed by atoms with Gasteiger partial charge in [-0.05, 0) is 31.4 Å². The van der Waals surface area contributed by atoms with Crippen molar-refractivity contribution in [3.63, 3.8) is 0 Å². The first-order valence-corrected chi connectivity index (χ1v) is 4.55. The molecule has 13 heavy (non-hydrogen) atoms. The normalized spacial score (nSPS) is 9.69. The highest BCUT2D eigenvalue weighted by Crippen LogP contribution is 2.22. The van der Waals surface area contributed by atoms with Crippen LogP contribution < -0.4 is 4.74 Å². The summed E-state index contributed by atoms with van der Waals surface area (Å²) < 4.78 is 5.64. The van der Waals surface area contributed by atoms with Crippen LogP contribution >= 0.6 is 0 Å². The van der Waals surface area contributed by atoms with Gasteiger partial charge < -0.3 is 4.74 Å². The van der Waals surface area contributed by atoms with E-state index in [1.54, 1.807) is 0 Å². The Morgan fingerprint density at radius 2 is 1.92 bits per heavy atom. The van der Waals surface area contributed by atoms with Gasteiger partial charge in [0.25, 0.3) is 0 Å². The molecule has 0 aliphatic rings. The Balaban J connectivity index is 2.69. The van der Waals surface area contributed by atoms with Crippen molar-refractivity contribution >= 4 is 0 Å². The van der Waals surface area contributed by atoms with Crippen LogP contribution in [0.15, 0.2) is 30.9 Å². The smallest absolute Gasteiger partial charge is 0.125 e. The Morgan fingerprint density at radius 1 is 1.31 bits per heavy atom. The molecule has 0 aliphatic carbocycles. The third kappa shape index (κ3) is 2.62. The monoisotopic (exact) mass is 176 g/mol. The van der Waals surface area contributed by atoms with Gasteiger partial charge >= 0.3 is 0 Å². The summed E-state index contributed by atoms with van der Waals surface area (Å²) in [5.74, 6) is 1.02. The van der Waals surface area contributed by atoms with Crippen molar-refractivity contribution in [1.29, 1.82) is 0 Å². The van der Waals surface area contributed by atoms with Crippen molar-refractivity contribution < 1.29 is 4.74 Å². The van der Waals surface area contributed by atoms with Gasteiger partial charge in [-0.15, -0.1) is 6.58 Å². The molecule has 0 fully saturated rings. The molecule has 0 aliphatic heterocycles. The molecule has 0 unspecified atom stereocenters. The fourth-order valence-corrected chi connectivity index (χ4v) is 1.27. The molecule has 1 rings (SSSR count). The third-order valence-electron chi connectivity index (χ3n) is 1.98. The molecule has 0 amide bonds. The quantitative estimate of drug-likeness (QED) is 0.505. The first kappa shape index (κ1) is 9.85. The van der Waals surface area contributed by atoms with Crippen LogP contribution in [0.1, 0.15) is 17.5 Å². The fourth-order valence-electron chi connectivity index (χ4n) is 1.27. The van der Waals surface area contributed by atoms with Crippen molar-refractivity contribution in [2.75, 3.05) is 6.61 Å². The predicted octanol–water partition coefficient (Wildman–Crippen LogP) is 3.26. The first-order chi connectivity index (χ1) is 6.25. The molecule has 0 N–H and O–H groups in total. The number of hydrogen-bond acceptors (Lipinski definition) is 1. The van der Waals surface area contributed by atoms with E-state index in [0.717, 1.165) is 18.8 Å². The third-order valence-corrected chi connectivity index (χ3v) is 1.98. The van der Waals surface area contributed by atoms with E-state index in [2.05, 4.69) is 32.6 Å². The zero-order valence-electron chi connectivity index (χ0n) is 8.34. The molecule has 0 atom stereocenters. The van der Waals surface area contributed by atoms with Crippen molar-refractivity contribution in [2.45, 2.75) is 20.3 Å². The Morgan fingerprint density at radius 3 is 2.46 bits per heavy atom. The molecule has 0 aromatic heterocycles. The lowest BCUT2D eigenvalue weighted by Crippen LogP contribution is -1.98. The number of aryl methyl sites for hydroxylation is 2. The van der Waals surface area contributed by atoms with Crippen molar-refractivity contribution in [1.82, 2.24) is 0 Å². The Hall–Kier alpha value is -1.24. The molecular weight excluding hydrogens is 160 g/mol. The fraction of sp³-hybridized carbons (Fsp3) is 0.333. The van der Waals surface area contributed by atoms with Gasteiger partial charge in [-0.1, -0.05) is 24.3 Å². The number of para-hydroxylation sites is 1. The summed E-state index contributed by atoms with van der Waals surface area (Å²) in [4.78, 5) is 0. The molecule has 70 valence electrons. The van der Waals surface area contributed by atoms with Crippen LogP contribution in [0.5, 0.6) is 5.75 Å². The zero-order valence-corrected chi connectivity index (χ0v) is 8.34. The first-order valence-electron chi connectivity index (χ1n) is 4.55. The number of benzene rings is 1. The minimum atomic E-state index is 0.717. The molecule has 1 aromatic carbocycles. The standard InChI is InChI=1S/C12H16O/c1-4-5-9-13-12-10(2)7-6-8-11(12)3/h4,6-8H,1,5,9H2,2-3H3. The molecule has 0 heterocycles. The Labute approximate surface area is 80.0 Å². The van der Waals surface area contributed by atoms with E-state index in [0.29, 0.717) is 0 Å². The van der Waals surface area contributed by atoms with E-state index < -0.39 is 0 Å². The van der Waals surface area contributed by atoms with Gasteiger partial charge in [-0.3, -0.25) is 0 Å².